The fraction of sp³-hybridized carbons (Fsp3) is 0.692. The van der Waals surface area contributed by atoms with Crippen LogP contribution in [0.25, 0.3) is 0 Å². The number of rotatable bonds is 9. The first-order chi connectivity index (χ1) is 9.63. The minimum absolute atomic E-state index is 0.0411. The molecule has 0 aliphatic carbocycles. The fourth-order valence-electron chi connectivity index (χ4n) is 2.03. The molecule has 0 saturated carbocycles. The summed E-state index contributed by atoms with van der Waals surface area (Å²) >= 11 is 0. The summed E-state index contributed by atoms with van der Waals surface area (Å²) in [5, 5.41) is 6.69. The second-order valence-electron chi connectivity index (χ2n) is 4.50. The molecule has 7 heteroatoms. The van der Waals surface area contributed by atoms with Crippen molar-refractivity contribution in [3.05, 3.63) is 11.9 Å². The summed E-state index contributed by atoms with van der Waals surface area (Å²) in [4.78, 5) is 14.3. The van der Waals surface area contributed by atoms with Crippen molar-refractivity contribution in [2.24, 2.45) is 0 Å². The molecule has 6 nitrogen and oxygen atoms in total. The van der Waals surface area contributed by atoms with Crippen LogP contribution in [0.2, 0.25) is 0 Å². The normalized spacial score (nSPS) is 11.0. The molecule has 1 aromatic heterocycles. The molecule has 0 fully saturated rings. The van der Waals surface area contributed by atoms with Crippen LogP contribution in [0, 0.1) is 0 Å². The number of aryl methyl sites for hydroxylation is 1. The number of nitrogens with two attached hydrogens (primary N) is 1. The average Bonchev–Trinajstić information content (AvgIpc) is 2.80. The molecule has 3 N–H and O–H groups in total. The lowest BCUT2D eigenvalue weighted by molar-refractivity contribution is 0.0941. The van der Waals surface area contributed by atoms with Crippen LogP contribution in [0.3, 0.4) is 0 Å². The minimum atomic E-state index is -0.580. The van der Waals surface area contributed by atoms with Crippen LogP contribution in [0.4, 0.5) is 10.1 Å². The summed E-state index contributed by atoms with van der Waals surface area (Å²) in [5.74, 6) is -0.298. The summed E-state index contributed by atoms with van der Waals surface area (Å²) in [5.41, 5.74) is 6.21. The van der Waals surface area contributed by atoms with E-state index < -0.39 is 6.67 Å². The number of nitrogen functional groups attached to an aromatic ring is 1. The second kappa shape index (κ2) is 8.52. The van der Waals surface area contributed by atoms with Gasteiger partial charge in [-0.2, -0.15) is 5.10 Å². The highest BCUT2D eigenvalue weighted by Gasteiger charge is 2.16. The maximum absolute atomic E-state index is 12.4. The van der Waals surface area contributed by atoms with Gasteiger partial charge in [-0.3, -0.25) is 9.48 Å². The van der Waals surface area contributed by atoms with Gasteiger partial charge in [0.15, 0.2) is 0 Å². The van der Waals surface area contributed by atoms with Crippen LogP contribution in [0.1, 0.15) is 30.8 Å². The van der Waals surface area contributed by atoms with Crippen LogP contribution in [0.15, 0.2) is 6.20 Å². The van der Waals surface area contributed by atoms with Gasteiger partial charge in [0.2, 0.25) is 0 Å². The van der Waals surface area contributed by atoms with Gasteiger partial charge in [0.25, 0.3) is 5.91 Å². The fourth-order valence-corrected chi connectivity index (χ4v) is 2.03. The molecule has 0 radical (unpaired) electrons. The Morgan fingerprint density at radius 3 is 2.80 bits per heavy atom. The number of nitrogens with one attached hydrogen (secondary N) is 1. The molecule has 114 valence electrons. The highest BCUT2D eigenvalue weighted by atomic mass is 19.1. The first-order valence-corrected chi connectivity index (χ1v) is 7.01. The third-order valence-electron chi connectivity index (χ3n) is 3.21. The molecule has 1 rings (SSSR count). The van der Waals surface area contributed by atoms with E-state index in [-0.39, 0.29) is 23.8 Å². The first-order valence-electron chi connectivity index (χ1n) is 7.01. The Labute approximate surface area is 119 Å². The Bertz CT molecular complexity index is 417. The summed E-state index contributed by atoms with van der Waals surface area (Å²) < 4.78 is 13.7. The zero-order chi connectivity index (χ0) is 15.0. The van der Waals surface area contributed by atoms with Crippen molar-refractivity contribution in [1.82, 2.24) is 20.0 Å². The number of anilines is 1. The third-order valence-corrected chi connectivity index (χ3v) is 3.21. The molecular formula is C13H24FN5O. The maximum atomic E-state index is 12.4. The Balaban J connectivity index is 2.45. The van der Waals surface area contributed by atoms with Crippen molar-refractivity contribution in [3.63, 3.8) is 0 Å². The van der Waals surface area contributed by atoms with E-state index in [9.17, 15) is 9.18 Å². The SMILES string of the molecule is CCN(CC)CCCNC(=O)c1c(N)cnn1CCF. The van der Waals surface area contributed by atoms with E-state index >= 15 is 0 Å². The number of alkyl halides is 1. The lowest BCUT2D eigenvalue weighted by atomic mass is 10.3. The van der Waals surface area contributed by atoms with Crippen molar-refractivity contribution in [1.29, 1.82) is 0 Å². The number of hydrogen-bond donors (Lipinski definition) is 2. The number of carbonyl (C=O) groups is 1. The highest BCUT2D eigenvalue weighted by molar-refractivity contribution is 5.97. The smallest absolute Gasteiger partial charge is 0.271 e. The van der Waals surface area contributed by atoms with Gasteiger partial charge in [0.1, 0.15) is 12.4 Å². The van der Waals surface area contributed by atoms with Gasteiger partial charge in [0.05, 0.1) is 18.4 Å². The van der Waals surface area contributed by atoms with E-state index in [1.807, 2.05) is 0 Å². The van der Waals surface area contributed by atoms with Gasteiger partial charge in [-0.05, 0) is 26.1 Å². The first kappa shape index (κ1) is 16.4. The topological polar surface area (TPSA) is 76.2 Å². The van der Waals surface area contributed by atoms with Crippen molar-refractivity contribution in [2.75, 3.05) is 38.6 Å². The monoisotopic (exact) mass is 285 g/mol. The van der Waals surface area contributed by atoms with E-state index in [0.29, 0.717) is 6.54 Å². The molecular weight excluding hydrogens is 261 g/mol. The highest BCUT2D eigenvalue weighted by Crippen LogP contribution is 2.10. The van der Waals surface area contributed by atoms with Crippen LogP contribution in [-0.4, -0.2) is 53.4 Å². The predicted octanol–water partition coefficient (Wildman–Crippen LogP) is 0.897. The lowest BCUT2D eigenvalue weighted by Crippen LogP contribution is -2.31. The maximum Gasteiger partial charge on any atom is 0.271 e. The molecule has 0 saturated heterocycles. The molecule has 0 unspecified atom stereocenters. The quantitative estimate of drug-likeness (QED) is 0.661. The third kappa shape index (κ3) is 4.48. The Kier molecular flexibility index (Phi) is 7.00. The van der Waals surface area contributed by atoms with E-state index in [0.717, 1.165) is 26.1 Å². The summed E-state index contributed by atoms with van der Waals surface area (Å²) in [6.45, 7) is 7.18. The number of hydrogen-bond acceptors (Lipinski definition) is 4. The standard InChI is InChI=1S/C13H24FN5O/c1-3-18(4-2)8-5-7-16-13(20)12-11(15)10-17-19(12)9-6-14/h10H,3-9,15H2,1-2H3,(H,16,20). The van der Waals surface area contributed by atoms with Gasteiger partial charge >= 0.3 is 0 Å². The molecule has 1 amide bonds. The van der Waals surface area contributed by atoms with Gasteiger partial charge in [-0.15, -0.1) is 0 Å². The van der Waals surface area contributed by atoms with Gasteiger partial charge in [-0.1, -0.05) is 13.8 Å². The molecule has 0 spiro atoms. The van der Waals surface area contributed by atoms with Crippen molar-refractivity contribution in [3.8, 4) is 0 Å². The van der Waals surface area contributed by atoms with Crippen LogP contribution in [-0.2, 0) is 6.54 Å². The number of amides is 1. The van der Waals surface area contributed by atoms with E-state index in [4.69, 9.17) is 5.73 Å². The van der Waals surface area contributed by atoms with Crippen molar-refractivity contribution >= 4 is 11.6 Å². The van der Waals surface area contributed by atoms with Gasteiger partial charge in [-0.25, -0.2) is 4.39 Å². The molecule has 20 heavy (non-hydrogen) atoms. The summed E-state index contributed by atoms with van der Waals surface area (Å²) in [7, 11) is 0. The van der Waals surface area contributed by atoms with E-state index in [1.165, 1.54) is 10.9 Å². The molecule has 1 aromatic rings. The minimum Gasteiger partial charge on any atom is -0.396 e. The molecule has 0 aliphatic rings. The van der Waals surface area contributed by atoms with Gasteiger partial charge < -0.3 is 16.0 Å². The zero-order valence-electron chi connectivity index (χ0n) is 12.2. The van der Waals surface area contributed by atoms with Gasteiger partial charge in [0, 0.05) is 6.54 Å². The molecule has 0 atom stereocenters. The zero-order valence-corrected chi connectivity index (χ0v) is 12.2. The predicted molar refractivity (Wildman–Crippen MR) is 77.4 cm³/mol. The van der Waals surface area contributed by atoms with Crippen LogP contribution >= 0.6 is 0 Å². The Morgan fingerprint density at radius 1 is 1.50 bits per heavy atom. The van der Waals surface area contributed by atoms with Crippen LogP contribution in [0.5, 0.6) is 0 Å². The molecule has 0 bridgehead atoms. The number of nitrogens with zero attached hydrogens (tertiary/aromatic N) is 3. The van der Waals surface area contributed by atoms with E-state index in [2.05, 4.69) is 29.2 Å². The average molecular weight is 285 g/mol. The molecule has 0 aliphatic heterocycles. The number of halogens is 1. The van der Waals surface area contributed by atoms with Crippen molar-refractivity contribution in [2.45, 2.75) is 26.8 Å². The Hall–Kier alpha value is -1.63. The molecule has 1 heterocycles. The van der Waals surface area contributed by atoms with Crippen LogP contribution < -0.4 is 11.1 Å². The number of carbonyl (C=O) groups excluding carboxylic acids is 1. The number of aromatic nitrogens is 2. The van der Waals surface area contributed by atoms with E-state index in [1.54, 1.807) is 0 Å². The molecule has 0 aromatic carbocycles. The lowest BCUT2D eigenvalue weighted by Gasteiger charge is -2.17. The second-order valence-corrected chi connectivity index (χ2v) is 4.50. The summed E-state index contributed by atoms with van der Waals surface area (Å²) in [6.07, 6.45) is 2.24. The largest absolute Gasteiger partial charge is 0.396 e. The Morgan fingerprint density at radius 2 is 2.20 bits per heavy atom. The summed E-state index contributed by atoms with van der Waals surface area (Å²) in [6, 6.07) is 0. The van der Waals surface area contributed by atoms with Crippen molar-refractivity contribution < 1.29 is 9.18 Å².